The van der Waals surface area contributed by atoms with Gasteiger partial charge in [-0.05, 0) is 17.4 Å². The Morgan fingerprint density at radius 2 is 1.55 bits per heavy atom. The van der Waals surface area contributed by atoms with Gasteiger partial charge in [-0.15, -0.1) is 0 Å². The fraction of sp³-hybridized carbons (Fsp3) is 0.412. The molecule has 0 aliphatic carbocycles. The molecule has 0 aliphatic heterocycles. The Kier molecular flexibility index (Phi) is 4.38. The van der Waals surface area contributed by atoms with Gasteiger partial charge in [0.05, 0.1) is 5.69 Å². The Hall–Kier alpha value is -1.90. The van der Waals surface area contributed by atoms with Crippen LogP contribution >= 0.6 is 0 Å². The van der Waals surface area contributed by atoms with Crippen molar-refractivity contribution in [2.45, 2.75) is 39.5 Å². The maximum Gasteiger partial charge on any atom is 0.133 e. The van der Waals surface area contributed by atoms with E-state index in [1.54, 1.807) is 6.33 Å². The van der Waals surface area contributed by atoms with Crippen LogP contribution in [0.1, 0.15) is 50.7 Å². The molecule has 2 aromatic rings. The van der Waals surface area contributed by atoms with Crippen molar-refractivity contribution in [1.82, 2.24) is 9.97 Å². The first kappa shape index (κ1) is 14.5. The molecule has 1 heterocycles. The van der Waals surface area contributed by atoms with Crippen LogP contribution < -0.4 is 5.32 Å². The van der Waals surface area contributed by atoms with Crippen LogP contribution in [0.15, 0.2) is 30.6 Å². The Morgan fingerprint density at radius 3 is 2.05 bits per heavy atom. The Balaban J connectivity index is 2.51. The second-order valence-corrected chi connectivity index (χ2v) is 5.67. The van der Waals surface area contributed by atoms with Crippen molar-refractivity contribution in [3.63, 3.8) is 0 Å². The summed E-state index contributed by atoms with van der Waals surface area (Å²) in [6, 6.07) is 8.68. The third kappa shape index (κ3) is 2.82. The molecule has 0 radical (unpaired) electrons. The van der Waals surface area contributed by atoms with Gasteiger partial charge < -0.3 is 5.32 Å². The molecule has 0 aliphatic rings. The third-order valence-electron chi connectivity index (χ3n) is 3.55. The number of rotatable bonds is 4. The Bertz CT molecular complexity index is 571. The first-order valence-corrected chi connectivity index (χ1v) is 7.17. The molecule has 0 fully saturated rings. The topological polar surface area (TPSA) is 37.8 Å². The van der Waals surface area contributed by atoms with Gasteiger partial charge in [0.25, 0.3) is 0 Å². The van der Waals surface area contributed by atoms with Crippen molar-refractivity contribution < 1.29 is 0 Å². The molecule has 106 valence electrons. The SMILES string of the molecule is CNc1ncnc(-c2ccc(C(C)C)cc2)c1C(C)C. The van der Waals surface area contributed by atoms with Gasteiger partial charge in [0.1, 0.15) is 12.1 Å². The standard InChI is InChI=1S/C17H23N3/c1-11(2)13-6-8-14(9-7-13)16-15(12(3)4)17(18-5)20-10-19-16/h6-12H,1-5H3,(H,18,19,20). The largest absolute Gasteiger partial charge is 0.373 e. The summed E-state index contributed by atoms with van der Waals surface area (Å²) in [5, 5.41) is 3.17. The smallest absolute Gasteiger partial charge is 0.133 e. The number of anilines is 1. The molecule has 3 heteroatoms. The molecule has 3 nitrogen and oxygen atoms in total. The van der Waals surface area contributed by atoms with Crippen LogP contribution in [0.4, 0.5) is 5.82 Å². The van der Waals surface area contributed by atoms with Crippen LogP contribution in [0.5, 0.6) is 0 Å². The van der Waals surface area contributed by atoms with Crippen LogP contribution in [0.25, 0.3) is 11.3 Å². The zero-order valence-electron chi connectivity index (χ0n) is 12.9. The molecule has 0 saturated heterocycles. The fourth-order valence-electron chi connectivity index (χ4n) is 2.40. The first-order valence-electron chi connectivity index (χ1n) is 7.17. The lowest BCUT2D eigenvalue weighted by Gasteiger charge is -2.16. The van der Waals surface area contributed by atoms with E-state index in [4.69, 9.17) is 0 Å². The summed E-state index contributed by atoms with van der Waals surface area (Å²) in [5.41, 5.74) is 4.70. The highest BCUT2D eigenvalue weighted by Gasteiger charge is 2.15. The molecule has 1 aromatic heterocycles. The van der Waals surface area contributed by atoms with Crippen molar-refractivity contribution in [2.75, 3.05) is 12.4 Å². The fourth-order valence-corrected chi connectivity index (χ4v) is 2.40. The number of hydrogen-bond donors (Lipinski definition) is 1. The van der Waals surface area contributed by atoms with Crippen molar-refractivity contribution in [3.8, 4) is 11.3 Å². The summed E-state index contributed by atoms with van der Waals surface area (Å²) in [6.45, 7) is 8.76. The average Bonchev–Trinajstić information content (AvgIpc) is 2.46. The minimum absolute atomic E-state index is 0.374. The van der Waals surface area contributed by atoms with Crippen molar-refractivity contribution in [1.29, 1.82) is 0 Å². The zero-order chi connectivity index (χ0) is 14.7. The monoisotopic (exact) mass is 269 g/mol. The van der Waals surface area contributed by atoms with Crippen LogP contribution in [0, 0.1) is 0 Å². The van der Waals surface area contributed by atoms with Crippen molar-refractivity contribution in [3.05, 3.63) is 41.7 Å². The molecule has 1 N–H and O–H groups in total. The van der Waals surface area contributed by atoms with Gasteiger partial charge in [-0.25, -0.2) is 9.97 Å². The van der Waals surface area contributed by atoms with E-state index in [0.29, 0.717) is 11.8 Å². The Labute approximate surface area is 121 Å². The highest BCUT2D eigenvalue weighted by atomic mass is 15.0. The lowest BCUT2D eigenvalue weighted by molar-refractivity contribution is 0.851. The minimum Gasteiger partial charge on any atom is -0.373 e. The molecule has 0 spiro atoms. The predicted molar refractivity (Wildman–Crippen MR) is 85.2 cm³/mol. The molecule has 0 bridgehead atoms. The van der Waals surface area contributed by atoms with Crippen LogP contribution in [0.2, 0.25) is 0 Å². The summed E-state index contributed by atoms with van der Waals surface area (Å²) < 4.78 is 0. The van der Waals surface area contributed by atoms with Gasteiger partial charge in [0, 0.05) is 18.2 Å². The van der Waals surface area contributed by atoms with E-state index in [9.17, 15) is 0 Å². The van der Waals surface area contributed by atoms with E-state index in [0.717, 1.165) is 17.1 Å². The van der Waals surface area contributed by atoms with E-state index in [2.05, 4.69) is 67.2 Å². The van der Waals surface area contributed by atoms with Gasteiger partial charge in [-0.1, -0.05) is 52.0 Å². The van der Waals surface area contributed by atoms with E-state index in [-0.39, 0.29) is 0 Å². The number of aromatic nitrogens is 2. The normalized spacial score (nSPS) is 11.2. The van der Waals surface area contributed by atoms with Crippen LogP contribution in [0.3, 0.4) is 0 Å². The van der Waals surface area contributed by atoms with Gasteiger partial charge >= 0.3 is 0 Å². The molecule has 1 aromatic carbocycles. The molecule has 0 saturated carbocycles. The zero-order valence-corrected chi connectivity index (χ0v) is 12.9. The van der Waals surface area contributed by atoms with Crippen LogP contribution in [-0.2, 0) is 0 Å². The van der Waals surface area contributed by atoms with E-state index < -0.39 is 0 Å². The average molecular weight is 269 g/mol. The molecule has 2 rings (SSSR count). The van der Waals surface area contributed by atoms with E-state index in [1.165, 1.54) is 11.1 Å². The summed E-state index contributed by atoms with van der Waals surface area (Å²) in [6.07, 6.45) is 1.63. The molecular weight excluding hydrogens is 246 g/mol. The van der Waals surface area contributed by atoms with E-state index in [1.807, 2.05) is 7.05 Å². The minimum atomic E-state index is 0.374. The van der Waals surface area contributed by atoms with Crippen molar-refractivity contribution in [2.24, 2.45) is 0 Å². The highest BCUT2D eigenvalue weighted by Crippen LogP contribution is 2.32. The summed E-state index contributed by atoms with van der Waals surface area (Å²) in [5.74, 6) is 1.84. The van der Waals surface area contributed by atoms with E-state index >= 15 is 0 Å². The predicted octanol–water partition coefficient (Wildman–Crippen LogP) is 4.43. The number of nitrogens with zero attached hydrogens (tertiary/aromatic N) is 2. The number of hydrogen-bond acceptors (Lipinski definition) is 3. The summed E-state index contributed by atoms with van der Waals surface area (Å²) in [4.78, 5) is 8.83. The number of nitrogens with one attached hydrogen (secondary N) is 1. The Morgan fingerprint density at radius 1 is 0.900 bits per heavy atom. The first-order chi connectivity index (χ1) is 9.54. The van der Waals surface area contributed by atoms with Gasteiger partial charge in [0.15, 0.2) is 0 Å². The molecule has 0 amide bonds. The van der Waals surface area contributed by atoms with Gasteiger partial charge in [0.2, 0.25) is 0 Å². The molecule has 0 unspecified atom stereocenters. The van der Waals surface area contributed by atoms with Gasteiger partial charge in [-0.2, -0.15) is 0 Å². The molecular formula is C17H23N3. The lowest BCUT2D eigenvalue weighted by atomic mass is 9.95. The van der Waals surface area contributed by atoms with Gasteiger partial charge in [-0.3, -0.25) is 0 Å². The summed E-state index contributed by atoms with van der Waals surface area (Å²) >= 11 is 0. The molecule has 20 heavy (non-hydrogen) atoms. The lowest BCUT2D eigenvalue weighted by Crippen LogP contribution is -2.04. The highest BCUT2D eigenvalue weighted by molar-refractivity contribution is 5.69. The maximum atomic E-state index is 4.50. The quantitative estimate of drug-likeness (QED) is 0.892. The van der Waals surface area contributed by atoms with Crippen molar-refractivity contribution >= 4 is 5.82 Å². The molecule has 0 atom stereocenters. The second kappa shape index (κ2) is 6.04. The second-order valence-electron chi connectivity index (χ2n) is 5.67. The maximum absolute atomic E-state index is 4.50. The third-order valence-corrected chi connectivity index (χ3v) is 3.55. The van der Waals surface area contributed by atoms with Crippen LogP contribution in [-0.4, -0.2) is 17.0 Å². The number of benzene rings is 1. The summed E-state index contributed by atoms with van der Waals surface area (Å²) in [7, 11) is 1.90.